The van der Waals surface area contributed by atoms with E-state index >= 15 is 0 Å². The van der Waals surface area contributed by atoms with Crippen molar-refractivity contribution < 1.29 is 52.7 Å². The highest BCUT2D eigenvalue weighted by atomic mass is 35.5. The Bertz CT molecular complexity index is 2170. The molecule has 3 N–H and O–H groups in total. The second-order valence-electron chi connectivity index (χ2n) is 16.4. The number of aliphatic hydroxyl groups is 1. The molecule has 0 saturated carbocycles. The monoisotopic (exact) mass is 873 g/mol. The van der Waals surface area contributed by atoms with Gasteiger partial charge in [0, 0.05) is 39.5 Å². The number of rotatable bonds is 17. The number of methoxy groups -OCH3 is 2. The predicted octanol–water partition coefficient (Wildman–Crippen LogP) is 6.71. The second-order valence-corrected chi connectivity index (χ2v) is 16.8. The number of carbonyl (C=O) groups excluding carboxylic acids is 4. The summed E-state index contributed by atoms with van der Waals surface area (Å²) in [6.45, 7) is 7.04. The Balaban J connectivity index is 1.08. The van der Waals surface area contributed by atoms with Crippen LogP contribution in [0.3, 0.4) is 0 Å². The lowest BCUT2D eigenvalue weighted by atomic mass is 9.83. The standard InChI is InChI=1S/C47H56ClN3O11/c1-27(22-30-20-21-36(48)37(23-30)57-7)14-13-19-39(58-8)47(56)25-38(60-44(54)50-47)28(2)42-46(4,62-42)40(24-41(52)49-5)61-43(53)29(3)51(6)45(55)59-26-35-33-17-11-9-15-31(33)32-16-10-12-18-34(32)35/h9-21,23,28-29,35,38-40,42,56H,22,24-26H2,1-8H3,(H,49,52)(H,50,54)/b19-13+,27-14+/t28-,29+,38+,39-,40+,42?,46+,47+/m1/s1. The first-order valence-electron chi connectivity index (χ1n) is 20.6. The smallest absolute Gasteiger partial charge is 0.410 e. The third-order valence-corrected chi connectivity index (χ3v) is 12.5. The minimum absolute atomic E-state index is 0.0692. The summed E-state index contributed by atoms with van der Waals surface area (Å²) in [5, 5.41) is 17.4. The molecule has 2 heterocycles. The van der Waals surface area contributed by atoms with E-state index in [2.05, 4.69) is 10.6 Å². The van der Waals surface area contributed by atoms with Gasteiger partial charge in [-0.15, -0.1) is 0 Å². The summed E-state index contributed by atoms with van der Waals surface area (Å²) in [5.74, 6) is -1.30. The van der Waals surface area contributed by atoms with E-state index in [9.17, 15) is 24.3 Å². The molecule has 3 aliphatic rings. The normalized spacial score (nSPS) is 23.8. The highest BCUT2D eigenvalue weighted by molar-refractivity contribution is 6.32. The number of epoxide rings is 1. The van der Waals surface area contributed by atoms with E-state index in [1.165, 1.54) is 28.1 Å². The molecule has 3 aromatic carbocycles. The van der Waals surface area contributed by atoms with Gasteiger partial charge < -0.3 is 38.8 Å². The summed E-state index contributed by atoms with van der Waals surface area (Å²) in [6.07, 6.45) is 0.443. The van der Waals surface area contributed by atoms with Crippen LogP contribution in [-0.2, 0) is 39.7 Å². The van der Waals surface area contributed by atoms with Crippen LogP contribution in [0.25, 0.3) is 11.1 Å². The van der Waals surface area contributed by atoms with Gasteiger partial charge in [0.25, 0.3) is 0 Å². The van der Waals surface area contributed by atoms with E-state index < -0.39 is 71.8 Å². The lowest BCUT2D eigenvalue weighted by Gasteiger charge is -2.42. The van der Waals surface area contributed by atoms with E-state index in [1.54, 1.807) is 39.2 Å². The molecule has 1 aliphatic carbocycles. The minimum Gasteiger partial charge on any atom is -0.495 e. The Kier molecular flexibility index (Phi) is 14.4. The highest BCUT2D eigenvalue weighted by Gasteiger charge is 2.64. The molecule has 0 bridgehead atoms. The number of cyclic esters (lactones) is 1. The molecule has 332 valence electrons. The van der Waals surface area contributed by atoms with Crippen LogP contribution in [0.4, 0.5) is 9.59 Å². The molecule has 1 unspecified atom stereocenters. The number of alkyl carbamates (subject to hydrolysis) is 1. The molecule has 2 aliphatic heterocycles. The Morgan fingerprint density at radius 2 is 1.73 bits per heavy atom. The fraction of sp³-hybridized carbons (Fsp3) is 0.447. The van der Waals surface area contributed by atoms with E-state index in [1.807, 2.05) is 73.7 Å². The maximum absolute atomic E-state index is 13.7. The number of nitrogens with zero attached hydrogens (tertiary/aromatic N) is 1. The Labute approximate surface area is 367 Å². The largest absolute Gasteiger partial charge is 0.495 e. The molecule has 3 amide bonds. The van der Waals surface area contributed by atoms with Gasteiger partial charge in [0.05, 0.1) is 24.7 Å². The quantitative estimate of drug-likeness (QED) is 0.0570. The van der Waals surface area contributed by atoms with Crippen molar-refractivity contribution in [2.75, 3.05) is 34.9 Å². The number of ether oxygens (including phenoxy) is 6. The Hall–Kier alpha value is -5.41. The molecule has 8 atom stereocenters. The van der Waals surface area contributed by atoms with Crippen molar-refractivity contribution in [3.8, 4) is 16.9 Å². The average Bonchev–Trinajstić information content (AvgIpc) is 3.86. The van der Waals surface area contributed by atoms with Crippen molar-refractivity contribution in [3.63, 3.8) is 0 Å². The number of halogens is 1. The predicted molar refractivity (Wildman–Crippen MR) is 232 cm³/mol. The number of carbonyl (C=O) groups is 4. The molecule has 15 heteroatoms. The number of amides is 3. The zero-order chi connectivity index (χ0) is 44.9. The molecule has 62 heavy (non-hydrogen) atoms. The van der Waals surface area contributed by atoms with E-state index in [4.69, 9.17) is 40.0 Å². The summed E-state index contributed by atoms with van der Waals surface area (Å²) >= 11 is 6.17. The lowest BCUT2D eigenvalue weighted by molar-refractivity contribution is -0.158. The number of hydrogen-bond acceptors (Lipinski definition) is 11. The zero-order valence-corrected chi connectivity index (χ0v) is 37.1. The average molecular weight is 874 g/mol. The summed E-state index contributed by atoms with van der Waals surface area (Å²) in [4.78, 5) is 53.9. The number of likely N-dealkylation sites (N-methyl/N-ethyl adjacent to an activating group) is 1. The Morgan fingerprint density at radius 3 is 2.35 bits per heavy atom. The third-order valence-electron chi connectivity index (χ3n) is 12.2. The van der Waals surface area contributed by atoms with Gasteiger partial charge in [-0.2, -0.15) is 0 Å². The van der Waals surface area contributed by atoms with Crippen LogP contribution in [-0.4, -0.2) is 111 Å². The first-order chi connectivity index (χ1) is 29.5. The molecule has 14 nitrogen and oxygen atoms in total. The molecule has 0 aromatic heterocycles. The number of allylic oxidation sites excluding steroid dienone is 3. The van der Waals surface area contributed by atoms with Gasteiger partial charge >= 0.3 is 18.2 Å². The van der Waals surface area contributed by atoms with Crippen LogP contribution in [0.5, 0.6) is 5.75 Å². The van der Waals surface area contributed by atoms with Crippen molar-refractivity contribution >= 4 is 35.7 Å². The van der Waals surface area contributed by atoms with Gasteiger partial charge in [-0.3, -0.25) is 15.0 Å². The molecule has 2 fully saturated rings. The van der Waals surface area contributed by atoms with Crippen molar-refractivity contribution in [1.82, 2.24) is 15.5 Å². The maximum Gasteiger partial charge on any atom is 0.410 e. The van der Waals surface area contributed by atoms with Gasteiger partial charge in [0.1, 0.15) is 42.3 Å². The molecule has 0 radical (unpaired) electrons. The molecular formula is C47H56ClN3O11. The SMILES string of the molecule is CNC(=O)C[C@H](OC(=O)[C@H](C)N(C)C(=O)OCC1c2ccccc2-c2ccccc21)[C@]1(C)OC1[C@H](C)[C@@H]1C[C@](O)([C@@H](/C=C/C=C(\C)Cc2ccc(Cl)c(OC)c2)OC)NC(=O)O1. The van der Waals surface area contributed by atoms with Gasteiger partial charge in [-0.25, -0.2) is 14.4 Å². The highest BCUT2D eigenvalue weighted by Crippen LogP contribution is 2.49. The van der Waals surface area contributed by atoms with Gasteiger partial charge in [0.2, 0.25) is 5.91 Å². The topological polar surface area (TPSA) is 174 Å². The summed E-state index contributed by atoms with van der Waals surface area (Å²) in [5.41, 5.74) is 3.26. The molecule has 3 aromatic rings. The van der Waals surface area contributed by atoms with Gasteiger partial charge in [-0.05, 0) is 67.1 Å². The number of esters is 1. The summed E-state index contributed by atoms with van der Waals surface area (Å²) in [6, 6.07) is 20.5. The lowest BCUT2D eigenvalue weighted by Crippen LogP contribution is -2.63. The van der Waals surface area contributed by atoms with Crippen molar-refractivity contribution in [2.24, 2.45) is 5.92 Å². The van der Waals surface area contributed by atoms with Crippen molar-refractivity contribution in [1.29, 1.82) is 0 Å². The van der Waals surface area contributed by atoms with Crippen LogP contribution in [0.2, 0.25) is 5.02 Å². The molecule has 0 spiro atoms. The number of nitrogens with one attached hydrogen (secondary N) is 2. The molecule has 6 rings (SSSR count). The zero-order valence-electron chi connectivity index (χ0n) is 36.3. The van der Waals surface area contributed by atoms with Crippen molar-refractivity contribution in [2.45, 2.75) is 94.7 Å². The number of benzene rings is 3. The minimum atomic E-state index is -1.86. The van der Waals surface area contributed by atoms with Crippen molar-refractivity contribution in [3.05, 3.63) is 112 Å². The maximum atomic E-state index is 13.7. The van der Waals surface area contributed by atoms with E-state index in [-0.39, 0.29) is 25.4 Å². The van der Waals surface area contributed by atoms with Crippen LogP contribution in [0.15, 0.2) is 90.5 Å². The van der Waals surface area contributed by atoms with E-state index in [0.29, 0.717) is 17.2 Å². The van der Waals surface area contributed by atoms with Crippen LogP contribution in [0.1, 0.15) is 63.1 Å². The molecular weight excluding hydrogens is 818 g/mol. The first kappa shape index (κ1) is 46.1. The first-order valence-corrected chi connectivity index (χ1v) is 21.0. The van der Waals surface area contributed by atoms with Crippen LogP contribution >= 0.6 is 11.6 Å². The Morgan fingerprint density at radius 1 is 1.06 bits per heavy atom. The number of fused-ring (bicyclic) bond motifs is 3. The fourth-order valence-electron chi connectivity index (χ4n) is 8.38. The summed E-state index contributed by atoms with van der Waals surface area (Å²) in [7, 11) is 5.90. The summed E-state index contributed by atoms with van der Waals surface area (Å²) < 4.78 is 34.6. The molecule has 2 saturated heterocycles. The van der Waals surface area contributed by atoms with Gasteiger partial charge in [-0.1, -0.05) is 96.9 Å². The van der Waals surface area contributed by atoms with Crippen LogP contribution in [0, 0.1) is 5.92 Å². The van der Waals surface area contributed by atoms with Gasteiger partial charge in [0.15, 0.2) is 5.72 Å². The second kappa shape index (κ2) is 19.3. The third kappa shape index (κ3) is 9.94. The number of hydrogen-bond donors (Lipinski definition) is 3. The van der Waals surface area contributed by atoms with E-state index in [0.717, 1.165) is 38.3 Å². The van der Waals surface area contributed by atoms with Crippen LogP contribution < -0.4 is 15.4 Å². The fourth-order valence-corrected chi connectivity index (χ4v) is 8.57.